The molecule has 0 saturated heterocycles. The lowest BCUT2D eigenvalue weighted by atomic mass is 9.65. The van der Waals surface area contributed by atoms with E-state index in [9.17, 15) is 0 Å². The van der Waals surface area contributed by atoms with Gasteiger partial charge in [0.25, 0.3) is 0 Å². The molecule has 0 aliphatic heterocycles. The van der Waals surface area contributed by atoms with Crippen LogP contribution in [0.2, 0.25) is 0 Å². The van der Waals surface area contributed by atoms with Crippen LogP contribution in [0.1, 0.15) is 48.4 Å². The van der Waals surface area contributed by atoms with Gasteiger partial charge in [0.1, 0.15) is 11.5 Å². The molecule has 0 aromatic heterocycles. The topological polar surface area (TPSA) is 18.5 Å². The van der Waals surface area contributed by atoms with E-state index in [-0.39, 0.29) is 0 Å². The maximum Gasteiger partial charge on any atom is 0.119 e. The van der Waals surface area contributed by atoms with Gasteiger partial charge in [-0.05, 0) is 52.9 Å². The van der Waals surface area contributed by atoms with Gasteiger partial charge >= 0.3 is 0 Å². The van der Waals surface area contributed by atoms with Crippen molar-refractivity contribution in [1.29, 1.82) is 0 Å². The Kier molecular flexibility index (Phi) is 7.47. The number of methoxy groups -OCH3 is 1. The monoisotopic (exact) mass is 436 g/mol. The highest BCUT2D eigenvalue weighted by molar-refractivity contribution is 5.60. The number of rotatable bonds is 10. The molecule has 4 rings (SSSR count). The van der Waals surface area contributed by atoms with E-state index in [2.05, 4.69) is 104 Å². The highest BCUT2D eigenvalue weighted by Gasteiger charge is 2.38. The van der Waals surface area contributed by atoms with Crippen LogP contribution in [0.15, 0.2) is 109 Å². The molecule has 2 heteroatoms. The Morgan fingerprint density at radius 1 is 0.545 bits per heavy atom. The van der Waals surface area contributed by atoms with Crippen molar-refractivity contribution in [3.8, 4) is 11.5 Å². The minimum atomic E-state index is -0.463. The molecule has 0 bridgehead atoms. The van der Waals surface area contributed by atoms with Crippen molar-refractivity contribution in [2.24, 2.45) is 0 Å². The van der Waals surface area contributed by atoms with Crippen LogP contribution in [0, 0.1) is 0 Å². The summed E-state index contributed by atoms with van der Waals surface area (Å²) in [4.78, 5) is 0. The van der Waals surface area contributed by atoms with E-state index >= 15 is 0 Å². The molecule has 4 aromatic rings. The van der Waals surface area contributed by atoms with E-state index in [1.165, 1.54) is 35.1 Å². The standard InChI is InChI=1S/C31H32O2/c1-3-4-11-24-33-30-22-18-28(19-23-30)31(25-12-7-5-8-13-25,26-14-9-6-10-15-26)27-16-20-29(32-2)21-17-27/h5-10,12-23H,3-4,11,24H2,1-2H3. The molecule has 0 radical (unpaired) electrons. The van der Waals surface area contributed by atoms with Crippen LogP contribution < -0.4 is 9.47 Å². The van der Waals surface area contributed by atoms with Crippen LogP contribution >= 0.6 is 0 Å². The van der Waals surface area contributed by atoms with Crippen LogP contribution in [0.5, 0.6) is 11.5 Å². The summed E-state index contributed by atoms with van der Waals surface area (Å²) in [6, 6.07) is 38.5. The number of unbranched alkanes of at least 4 members (excludes halogenated alkanes) is 2. The fraction of sp³-hybridized carbons (Fsp3) is 0.226. The van der Waals surface area contributed by atoms with Crippen LogP contribution in [0.25, 0.3) is 0 Å². The zero-order valence-corrected chi connectivity index (χ0v) is 19.5. The molecule has 168 valence electrons. The van der Waals surface area contributed by atoms with Crippen LogP contribution in [0.4, 0.5) is 0 Å². The van der Waals surface area contributed by atoms with Crippen molar-refractivity contribution < 1.29 is 9.47 Å². The molecule has 33 heavy (non-hydrogen) atoms. The van der Waals surface area contributed by atoms with E-state index in [0.717, 1.165) is 24.5 Å². The first kappa shape index (κ1) is 22.7. The third-order valence-electron chi connectivity index (χ3n) is 6.24. The van der Waals surface area contributed by atoms with Gasteiger partial charge in [-0.25, -0.2) is 0 Å². The smallest absolute Gasteiger partial charge is 0.119 e. The third-order valence-corrected chi connectivity index (χ3v) is 6.24. The van der Waals surface area contributed by atoms with Gasteiger partial charge < -0.3 is 9.47 Å². The first-order valence-corrected chi connectivity index (χ1v) is 11.8. The van der Waals surface area contributed by atoms with E-state index in [1.54, 1.807) is 7.11 Å². The maximum atomic E-state index is 6.01. The highest BCUT2D eigenvalue weighted by Crippen LogP contribution is 2.45. The zero-order chi connectivity index (χ0) is 22.9. The van der Waals surface area contributed by atoms with Crippen LogP contribution in [-0.4, -0.2) is 13.7 Å². The lowest BCUT2D eigenvalue weighted by Crippen LogP contribution is -2.30. The summed E-state index contributed by atoms with van der Waals surface area (Å²) in [6.45, 7) is 2.97. The van der Waals surface area contributed by atoms with Crippen LogP contribution in [-0.2, 0) is 5.41 Å². The van der Waals surface area contributed by atoms with Gasteiger partial charge in [0.15, 0.2) is 0 Å². The number of ether oxygens (including phenoxy) is 2. The number of hydrogen-bond acceptors (Lipinski definition) is 2. The minimum Gasteiger partial charge on any atom is -0.497 e. The Labute approximate surface area is 197 Å². The average Bonchev–Trinajstić information content (AvgIpc) is 2.89. The Hall–Kier alpha value is -3.52. The van der Waals surface area contributed by atoms with Gasteiger partial charge in [0, 0.05) is 0 Å². The van der Waals surface area contributed by atoms with E-state index in [4.69, 9.17) is 9.47 Å². The van der Waals surface area contributed by atoms with Gasteiger partial charge in [-0.2, -0.15) is 0 Å². The summed E-state index contributed by atoms with van der Waals surface area (Å²) < 4.78 is 11.5. The van der Waals surface area contributed by atoms with Crippen molar-refractivity contribution in [2.45, 2.75) is 31.6 Å². The van der Waals surface area contributed by atoms with Gasteiger partial charge in [-0.1, -0.05) is 105 Å². The first-order valence-electron chi connectivity index (χ1n) is 11.8. The zero-order valence-electron chi connectivity index (χ0n) is 19.5. The second kappa shape index (κ2) is 10.9. The molecular formula is C31H32O2. The molecule has 0 amide bonds. The lowest BCUT2D eigenvalue weighted by Gasteiger charge is -2.37. The summed E-state index contributed by atoms with van der Waals surface area (Å²) in [7, 11) is 1.70. The molecule has 4 aromatic carbocycles. The highest BCUT2D eigenvalue weighted by atomic mass is 16.5. The molecule has 2 nitrogen and oxygen atoms in total. The van der Waals surface area contributed by atoms with Crippen molar-refractivity contribution in [3.05, 3.63) is 131 Å². The first-order chi connectivity index (χ1) is 16.3. The summed E-state index contributed by atoms with van der Waals surface area (Å²) in [5.41, 5.74) is 4.37. The summed E-state index contributed by atoms with van der Waals surface area (Å²) in [5, 5.41) is 0. The SMILES string of the molecule is CCCCCOc1ccc(C(c2ccccc2)(c2ccccc2)c2ccc(OC)cc2)cc1. The molecular weight excluding hydrogens is 404 g/mol. The summed E-state index contributed by atoms with van der Waals surface area (Å²) in [5.74, 6) is 1.77. The van der Waals surface area contributed by atoms with Gasteiger partial charge in [-0.15, -0.1) is 0 Å². The Morgan fingerprint density at radius 2 is 1.00 bits per heavy atom. The molecule has 0 heterocycles. The predicted molar refractivity (Wildman–Crippen MR) is 136 cm³/mol. The van der Waals surface area contributed by atoms with Crippen molar-refractivity contribution in [1.82, 2.24) is 0 Å². The average molecular weight is 437 g/mol. The lowest BCUT2D eigenvalue weighted by molar-refractivity contribution is 0.306. The molecule has 0 spiro atoms. The molecule has 0 aliphatic rings. The summed E-state index contributed by atoms with van der Waals surface area (Å²) >= 11 is 0. The predicted octanol–water partition coefficient (Wildman–Crippen LogP) is 7.65. The largest absolute Gasteiger partial charge is 0.497 e. The molecule has 0 fully saturated rings. The van der Waals surface area contributed by atoms with Gasteiger partial charge in [-0.3, -0.25) is 0 Å². The molecule has 0 N–H and O–H groups in total. The molecule has 0 unspecified atom stereocenters. The number of hydrogen-bond donors (Lipinski definition) is 0. The van der Waals surface area contributed by atoms with Crippen molar-refractivity contribution >= 4 is 0 Å². The molecule has 0 aliphatic carbocycles. The van der Waals surface area contributed by atoms with Gasteiger partial charge in [0.2, 0.25) is 0 Å². The Bertz CT molecular complexity index is 1060. The van der Waals surface area contributed by atoms with E-state index in [1.807, 2.05) is 12.1 Å². The quantitative estimate of drug-likeness (QED) is 0.188. The molecule has 0 atom stereocenters. The fourth-order valence-electron chi connectivity index (χ4n) is 4.56. The normalized spacial score (nSPS) is 11.2. The Morgan fingerprint density at radius 3 is 1.45 bits per heavy atom. The summed E-state index contributed by atoms with van der Waals surface area (Å²) in [6.07, 6.45) is 3.48. The van der Waals surface area contributed by atoms with E-state index < -0.39 is 5.41 Å². The second-order valence-electron chi connectivity index (χ2n) is 8.29. The van der Waals surface area contributed by atoms with Crippen LogP contribution in [0.3, 0.4) is 0 Å². The van der Waals surface area contributed by atoms with Gasteiger partial charge in [0.05, 0.1) is 19.1 Å². The number of benzene rings is 4. The third kappa shape index (κ3) is 4.80. The minimum absolute atomic E-state index is 0.463. The molecule has 0 saturated carbocycles. The van der Waals surface area contributed by atoms with Crippen molar-refractivity contribution in [3.63, 3.8) is 0 Å². The Balaban J connectivity index is 1.86. The van der Waals surface area contributed by atoms with E-state index in [0.29, 0.717) is 0 Å². The van der Waals surface area contributed by atoms with Crippen molar-refractivity contribution in [2.75, 3.05) is 13.7 Å². The second-order valence-corrected chi connectivity index (χ2v) is 8.29. The fourth-order valence-corrected chi connectivity index (χ4v) is 4.56. The maximum absolute atomic E-state index is 6.01.